The van der Waals surface area contributed by atoms with Crippen molar-refractivity contribution in [3.63, 3.8) is 0 Å². The highest BCUT2D eigenvalue weighted by molar-refractivity contribution is 7.92. The van der Waals surface area contributed by atoms with Gasteiger partial charge in [0.05, 0.1) is 23.9 Å². The summed E-state index contributed by atoms with van der Waals surface area (Å²) in [6.45, 7) is -0.0256. The lowest BCUT2D eigenvalue weighted by Crippen LogP contribution is -2.42. The number of rotatable bonds is 7. The van der Waals surface area contributed by atoms with E-state index in [-0.39, 0.29) is 11.4 Å². The largest absolute Gasteiger partial charge is 0.497 e. The van der Waals surface area contributed by atoms with Crippen LogP contribution in [0, 0.1) is 0 Å². The second-order valence-electron chi connectivity index (χ2n) is 7.34. The van der Waals surface area contributed by atoms with Gasteiger partial charge >= 0.3 is 0 Å². The maximum atomic E-state index is 13.0. The molecule has 0 radical (unpaired) electrons. The van der Waals surface area contributed by atoms with Crippen molar-refractivity contribution in [1.82, 2.24) is 4.31 Å². The summed E-state index contributed by atoms with van der Waals surface area (Å²) in [4.78, 5) is 14.7. The predicted octanol–water partition coefficient (Wildman–Crippen LogP) is 1.30. The van der Waals surface area contributed by atoms with Crippen LogP contribution in [-0.4, -0.2) is 67.6 Å². The van der Waals surface area contributed by atoms with E-state index in [2.05, 4.69) is 0 Å². The van der Waals surface area contributed by atoms with E-state index in [4.69, 9.17) is 4.74 Å². The molecule has 9 nitrogen and oxygen atoms in total. The molecule has 0 atom stereocenters. The third-order valence-electron chi connectivity index (χ3n) is 5.07. The maximum Gasteiger partial charge on any atom is 0.247 e. The molecule has 31 heavy (non-hydrogen) atoms. The number of carbonyl (C=O) groups excluding carboxylic acids is 1. The van der Waals surface area contributed by atoms with Crippen LogP contribution in [0.2, 0.25) is 0 Å². The second-order valence-corrected chi connectivity index (χ2v) is 11.4. The minimum Gasteiger partial charge on any atom is -0.497 e. The van der Waals surface area contributed by atoms with Crippen molar-refractivity contribution in [3.05, 3.63) is 48.0 Å². The molecule has 2 aromatic carbocycles. The molecule has 0 aliphatic carbocycles. The van der Waals surface area contributed by atoms with Gasteiger partial charge in [-0.15, -0.1) is 0 Å². The van der Waals surface area contributed by atoms with Crippen LogP contribution in [0.5, 0.6) is 5.75 Å². The van der Waals surface area contributed by atoms with Crippen LogP contribution in [-0.2, 0) is 31.3 Å². The fourth-order valence-electron chi connectivity index (χ4n) is 3.37. The van der Waals surface area contributed by atoms with E-state index in [1.54, 1.807) is 36.4 Å². The highest BCUT2D eigenvalue weighted by atomic mass is 32.2. The van der Waals surface area contributed by atoms with E-state index < -0.39 is 26.0 Å². The lowest BCUT2D eigenvalue weighted by Gasteiger charge is -2.25. The highest BCUT2D eigenvalue weighted by Crippen LogP contribution is 2.31. The van der Waals surface area contributed by atoms with Gasteiger partial charge in [-0.05, 0) is 54.4 Å². The molecular weight excluding hydrogens is 442 g/mol. The number of carbonyl (C=O) groups is 1. The van der Waals surface area contributed by atoms with Crippen molar-refractivity contribution >= 4 is 37.3 Å². The molecule has 0 saturated heterocycles. The average Bonchev–Trinajstić information content (AvgIpc) is 3.14. The van der Waals surface area contributed by atoms with Gasteiger partial charge in [-0.25, -0.2) is 21.1 Å². The van der Waals surface area contributed by atoms with Crippen LogP contribution in [0.1, 0.15) is 5.56 Å². The molecule has 168 valence electrons. The quantitative estimate of drug-likeness (QED) is 0.608. The molecule has 0 saturated carbocycles. The van der Waals surface area contributed by atoms with E-state index >= 15 is 0 Å². The highest BCUT2D eigenvalue weighted by Gasteiger charge is 2.30. The topological polar surface area (TPSA) is 104 Å². The van der Waals surface area contributed by atoms with Gasteiger partial charge in [0.2, 0.25) is 26.0 Å². The number of amides is 1. The molecule has 0 aromatic heterocycles. The normalized spacial score (nSPS) is 13.9. The first-order valence-corrected chi connectivity index (χ1v) is 12.7. The molecule has 0 fully saturated rings. The molecule has 1 aliphatic heterocycles. The lowest BCUT2D eigenvalue weighted by atomic mass is 10.2. The van der Waals surface area contributed by atoms with Crippen molar-refractivity contribution in [2.75, 3.05) is 49.8 Å². The fraction of sp³-hybridized carbons (Fsp3) is 0.350. The Bertz CT molecular complexity index is 1190. The van der Waals surface area contributed by atoms with Crippen LogP contribution in [0.25, 0.3) is 0 Å². The first-order chi connectivity index (χ1) is 14.4. The zero-order valence-electron chi connectivity index (χ0n) is 17.8. The minimum absolute atomic E-state index is 0.154. The Balaban J connectivity index is 1.87. The van der Waals surface area contributed by atoms with E-state index in [1.165, 1.54) is 32.2 Å². The first kappa shape index (κ1) is 23.0. The maximum absolute atomic E-state index is 13.0. The number of methoxy groups -OCH3 is 1. The van der Waals surface area contributed by atoms with Gasteiger partial charge in [0, 0.05) is 26.3 Å². The van der Waals surface area contributed by atoms with Crippen molar-refractivity contribution in [2.24, 2.45) is 0 Å². The van der Waals surface area contributed by atoms with Gasteiger partial charge in [0.1, 0.15) is 12.3 Å². The zero-order chi connectivity index (χ0) is 23.0. The van der Waals surface area contributed by atoms with E-state index in [1.807, 2.05) is 0 Å². The minimum atomic E-state index is -3.71. The van der Waals surface area contributed by atoms with Crippen LogP contribution in [0.3, 0.4) is 0 Å². The summed E-state index contributed by atoms with van der Waals surface area (Å²) in [5.74, 6) is 0.170. The number of benzene rings is 2. The molecule has 0 spiro atoms. The summed E-state index contributed by atoms with van der Waals surface area (Å²) in [7, 11) is -2.88. The Morgan fingerprint density at radius 1 is 1.06 bits per heavy atom. The van der Waals surface area contributed by atoms with Gasteiger partial charge in [-0.3, -0.25) is 9.10 Å². The Morgan fingerprint density at radius 3 is 2.26 bits per heavy atom. The number of fused-ring (bicyclic) bond motifs is 1. The monoisotopic (exact) mass is 467 g/mol. The Morgan fingerprint density at radius 2 is 1.71 bits per heavy atom. The summed E-state index contributed by atoms with van der Waals surface area (Å²) in [5.41, 5.74) is 1.67. The molecule has 0 bridgehead atoms. The Kier molecular flexibility index (Phi) is 6.30. The standard InChI is InChI=1S/C20H25N3O6S2/c1-21(2)31(27,28)18-9-10-19-15(13-18)11-12-22(19)20(24)14-23(30(4,25)26)16-5-7-17(29-3)8-6-16/h5-10,13H,11-12,14H2,1-4H3. The molecule has 0 unspecified atom stereocenters. The summed E-state index contributed by atoms with van der Waals surface area (Å²) in [6.07, 6.45) is 1.53. The number of sulfonamides is 2. The summed E-state index contributed by atoms with van der Waals surface area (Å²) in [5, 5.41) is 0. The number of ether oxygens (including phenoxy) is 1. The number of hydrogen-bond acceptors (Lipinski definition) is 6. The van der Waals surface area contributed by atoms with Crippen LogP contribution in [0.15, 0.2) is 47.4 Å². The number of anilines is 2. The molecule has 3 rings (SSSR count). The van der Waals surface area contributed by atoms with Gasteiger partial charge in [0.15, 0.2) is 0 Å². The predicted molar refractivity (Wildman–Crippen MR) is 119 cm³/mol. The zero-order valence-corrected chi connectivity index (χ0v) is 19.4. The van der Waals surface area contributed by atoms with Crippen molar-refractivity contribution in [2.45, 2.75) is 11.3 Å². The van der Waals surface area contributed by atoms with Crippen LogP contribution < -0.4 is 13.9 Å². The van der Waals surface area contributed by atoms with Crippen molar-refractivity contribution in [3.8, 4) is 5.75 Å². The third kappa shape index (κ3) is 4.68. The second kappa shape index (κ2) is 8.48. The number of hydrogen-bond donors (Lipinski definition) is 0. The Hall–Kier alpha value is -2.63. The van der Waals surface area contributed by atoms with E-state index in [9.17, 15) is 21.6 Å². The van der Waals surface area contributed by atoms with E-state index in [0.29, 0.717) is 30.1 Å². The van der Waals surface area contributed by atoms with Crippen LogP contribution in [0.4, 0.5) is 11.4 Å². The molecule has 2 aromatic rings. The van der Waals surface area contributed by atoms with Crippen molar-refractivity contribution in [1.29, 1.82) is 0 Å². The van der Waals surface area contributed by atoms with Crippen LogP contribution >= 0.6 is 0 Å². The van der Waals surface area contributed by atoms with Gasteiger partial charge in [0.25, 0.3) is 0 Å². The van der Waals surface area contributed by atoms with Gasteiger partial charge in [-0.1, -0.05) is 0 Å². The molecule has 11 heteroatoms. The van der Waals surface area contributed by atoms with Gasteiger partial charge < -0.3 is 9.64 Å². The molecule has 1 aliphatic rings. The summed E-state index contributed by atoms with van der Waals surface area (Å²) < 4.78 is 56.7. The smallest absolute Gasteiger partial charge is 0.247 e. The average molecular weight is 468 g/mol. The first-order valence-electron chi connectivity index (χ1n) is 9.42. The molecular formula is C20H25N3O6S2. The number of nitrogens with zero attached hydrogens (tertiary/aromatic N) is 3. The Labute approximate surface area is 182 Å². The summed E-state index contributed by atoms with van der Waals surface area (Å²) >= 11 is 0. The lowest BCUT2D eigenvalue weighted by molar-refractivity contribution is -0.117. The molecule has 0 N–H and O–H groups in total. The third-order valence-corrected chi connectivity index (χ3v) is 8.02. The van der Waals surface area contributed by atoms with E-state index in [0.717, 1.165) is 20.4 Å². The van der Waals surface area contributed by atoms with Crippen molar-refractivity contribution < 1.29 is 26.4 Å². The molecule has 1 heterocycles. The van der Waals surface area contributed by atoms with Gasteiger partial charge in [-0.2, -0.15) is 0 Å². The SMILES string of the molecule is COc1ccc(N(CC(=O)N2CCc3cc(S(=O)(=O)N(C)C)ccc32)S(C)(=O)=O)cc1. The molecule has 1 amide bonds. The summed E-state index contributed by atoms with van der Waals surface area (Å²) in [6, 6.07) is 11.0. The fourth-order valence-corrected chi connectivity index (χ4v) is 5.17.